The van der Waals surface area contributed by atoms with Gasteiger partial charge in [0.15, 0.2) is 9.84 Å². The number of nitrogens with one attached hydrogen (secondary N) is 1. The highest BCUT2D eigenvalue weighted by Gasteiger charge is 2.13. The number of sulfone groups is 1. The summed E-state index contributed by atoms with van der Waals surface area (Å²) in [5, 5.41) is 3.03. The first-order chi connectivity index (χ1) is 7.28. The van der Waals surface area contributed by atoms with E-state index in [2.05, 4.69) is 5.32 Å². The zero-order chi connectivity index (χ0) is 12.8. The van der Waals surface area contributed by atoms with Crippen LogP contribution in [0.1, 0.15) is 20.3 Å². The van der Waals surface area contributed by atoms with Crippen molar-refractivity contribution in [3.05, 3.63) is 0 Å². The fraction of sp³-hybridized carbons (Fsp3) is 0.900. The van der Waals surface area contributed by atoms with Crippen LogP contribution in [0.15, 0.2) is 0 Å². The molecule has 0 saturated carbocycles. The first kappa shape index (κ1) is 15.4. The molecule has 0 rings (SSSR count). The minimum Gasteiger partial charge on any atom is -0.349 e. The second-order valence-corrected chi connectivity index (χ2v) is 6.49. The minimum absolute atomic E-state index is 0.0399. The Hall–Kier alpha value is -0.620. The number of carbonyl (C=O) groups is 1. The quantitative estimate of drug-likeness (QED) is 0.684. The molecule has 6 heteroatoms. The van der Waals surface area contributed by atoms with Crippen molar-refractivity contribution in [1.82, 2.24) is 10.2 Å². The molecule has 5 nitrogen and oxygen atoms in total. The number of rotatable bonds is 7. The molecule has 96 valence electrons. The summed E-state index contributed by atoms with van der Waals surface area (Å²) in [5.74, 6) is 0.327. The molecule has 0 aromatic heterocycles. The molecule has 0 fully saturated rings. The van der Waals surface area contributed by atoms with Gasteiger partial charge >= 0.3 is 0 Å². The maximum Gasteiger partial charge on any atom is 0.223 e. The van der Waals surface area contributed by atoms with Gasteiger partial charge in [-0.15, -0.1) is 0 Å². The molecule has 0 aliphatic heterocycles. The maximum absolute atomic E-state index is 11.3. The lowest BCUT2D eigenvalue weighted by molar-refractivity contribution is -0.128. The smallest absolute Gasteiger partial charge is 0.223 e. The summed E-state index contributed by atoms with van der Waals surface area (Å²) in [5.41, 5.74) is 0. The average Bonchev–Trinajstić information content (AvgIpc) is 2.16. The summed E-state index contributed by atoms with van der Waals surface area (Å²) in [7, 11) is 0.460. The van der Waals surface area contributed by atoms with Gasteiger partial charge in [0.05, 0.1) is 5.75 Å². The molecular formula is C10H22N2O3S. The van der Waals surface area contributed by atoms with Gasteiger partial charge in [-0.1, -0.05) is 6.92 Å². The zero-order valence-corrected chi connectivity index (χ0v) is 11.3. The minimum atomic E-state index is -2.94. The van der Waals surface area contributed by atoms with Crippen LogP contribution in [-0.4, -0.2) is 57.4 Å². The van der Waals surface area contributed by atoms with Gasteiger partial charge in [-0.2, -0.15) is 0 Å². The molecule has 1 unspecified atom stereocenters. The highest BCUT2D eigenvalue weighted by atomic mass is 32.2. The van der Waals surface area contributed by atoms with Crippen molar-refractivity contribution in [3.63, 3.8) is 0 Å². The van der Waals surface area contributed by atoms with Crippen LogP contribution in [0.25, 0.3) is 0 Å². The van der Waals surface area contributed by atoms with E-state index in [4.69, 9.17) is 0 Å². The number of nitrogens with zero attached hydrogens (tertiary/aromatic N) is 1. The van der Waals surface area contributed by atoms with Crippen molar-refractivity contribution in [1.29, 1.82) is 0 Å². The Morgan fingerprint density at radius 1 is 1.38 bits per heavy atom. The lowest BCUT2D eigenvalue weighted by atomic mass is 10.3. The highest BCUT2D eigenvalue weighted by molar-refractivity contribution is 7.91. The predicted octanol–water partition coefficient (Wildman–Crippen LogP) is -0.122. The van der Waals surface area contributed by atoms with E-state index in [1.165, 1.54) is 4.90 Å². The van der Waals surface area contributed by atoms with Gasteiger partial charge in [0.25, 0.3) is 0 Å². The van der Waals surface area contributed by atoms with Crippen LogP contribution in [0, 0.1) is 0 Å². The van der Waals surface area contributed by atoms with Crippen molar-refractivity contribution in [3.8, 4) is 0 Å². The Balaban J connectivity index is 3.83. The van der Waals surface area contributed by atoms with Crippen molar-refractivity contribution in [2.75, 3.05) is 32.1 Å². The molecule has 0 aliphatic carbocycles. The normalized spacial score (nSPS) is 13.5. The first-order valence-electron chi connectivity index (χ1n) is 5.42. The SMILES string of the molecule is CCS(=O)(=O)CC(C)NCCC(=O)N(C)C. The number of hydrogen-bond acceptors (Lipinski definition) is 4. The van der Waals surface area contributed by atoms with E-state index in [1.54, 1.807) is 21.0 Å². The van der Waals surface area contributed by atoms with E-state index in [0.717, 1.165) is 0 Å². The lowest BCUT2D eigenvalue weighted by Crippen LogP contribution is -2.36. The van der Waals surface area contributed by atoms with E-state index in [9.17, 15) is 13.2 Å². The molecule has 0 aromatic rings. The Bertz CT molecular complexity index is 312. The van der Waals surface area contributed by atoms with E-state index in [1.807, 2.05) is 6.92 Å². The van der Waals surface area contributed by atoms with Gasteiger partial charge in [-0.3, -0.25) is 4.79 Å². The third kappa shape index (κ3) is 6.79. The van der Waals surface area contributed by atoms with Crippen LogP contribution in [0.3, 0.4) is 0 Å². The molecule has 0 radical (unpaired) electrons. The maximum atomic E-state index is 11.3. The van der Waals surface area contributed by atoms with Crippen LogP contribution >= 0.6 is 0 Å². The number of hydrogen-bond donors (Lipinski definition) is 1. The van der Waals surface area contributed by atoms with Crippen LogP contribution in [0.5, 0.6) is 0 Å². The zero-order valence-electron chi connectivity index (χ0n) is 10.5. The highest BCUT2D eigenvalue weighted by Crippen LogP contribution is 1.95. The number of carbonyl (C=O) groups excluding carboxylic acids is 1. The summed E-state index contributed by atoms with van der Waals surface area (Å²) >= 11 is 0. The molecule has 0 aliphatic rings. The Morgan fingerprint density at radius 3 is 2.38 bits per heavy atom. The molecular weight excluding hydrogens is 228 g/mol. The summed E-state index contributed by atoms with van der Waals surface area (Å²) in [6, 6.07) is -0.111. The summed E-state index contributed by atoms with van der Waals surface area (Å²) in [6.07, 6.45) is 0.392. The summed E-state index contributed by atoms with van der Waals surface area (Å²) < 4.78 is 22.6. The summed E-state index contributed by atoms with van der Waals surface area (Å²) in [6.45, 7) is 3.96. The summed E-state index contributed by atoms with van der Waals surface area (Å²) in [4.78, 5) is 12.8. The number of amides is 1. The molecule has 0 spiro atoms. The van der Waals surface area contributed by atoms with Crippen LogP contribution in [0.2, 0.25) is 0 Å². The fourth-order valence-corrected chi connectivity index (χ4v) is 2.32. The van der Waals surface area contributed by atoms with E-state index in [-0.39, 0.29) is 23.5 Å². The van der Waals surface area contributed by atoms with Crippen LogP contribution < -0.4 is 5.32 Å². The van der Waals surface area contributed by atoms with Crippen molar-refractivity contribution in [2.24, 2.45) is 0 Å². The molecule has 0 aromatic carbocycles. The molecule has 16 heavy (non-hydrogen) atoms. The topological polar surface area (TPSA) is 66.5 Å². The second-order valence-electron chi connectivity index (χ2n) is 4.09. The van der Waals surface area contributed by atoms with Gasteiger partial charge in [-0.05, 0) is 6.92 Å². The van der Waals surface area contributed by atoms with Gasteiger partial charge in [0, 0.05) is 38.9 Å². The van der Waals surface area contributed by atoms with Crippen LogP contribution in [-0.2, 0) is 14.6 Å². The first-order valence-corrected chi connectivity index (χ1v) is 7.24. The average molecular weight is 250 g/mol. The Kier molecular flexibility index (Phi) is 6.59. The van der Waals surface area contributed by atoms with Crippen molar-refractivity contribution in [2.45, 2.75) is 26.3 Å². The third-order valence-corrected chi connectivity index (χ3v) is 4.16. The van der Waals surface area contributed by atoms with Gasteiger partial charge in [-0.25, -0.2) is 8.42 Å². The van der Waals surface area contributed by atoms with E-state index in [0.29, 0.717) is 13.0 Å². The van der Waals surface area contributed by atoms with Gasteiger partial charge < -0.3 is 10.2 Å². The Morgan fingerprint density at radius 2 is 1.94 bits per heavy atom. The van der Waals surface area contributed by atoms with Crippen LogP contribution in [0.4, 0.5) is 0 Å². The second kappa shape index (κ2) is 6.85. The fourth-order valence-electron chi connectivity index (χ4n) is 1.21. The van der Waals surface area contributed by atoms with Gasteiger partial charge in [0.2, 0.25) is 5.91 Å². The molecule has 0 bridgehead atoms. The van der Waals surface area contributed by atoms with Gasteiger partial charge in [0.1, 0.15) is 0 Å². The van der Waals surface area contributed by atoms with Crippen molar-refractivity contribution >= 4 is 15.7 Å². The van der Waals surface area contributed by atoms with E-state index < -0.39 is 9.84 Å². The predicted molar refractivity (Wildman–Crippen MR) is 65.1 cm³/mol. The molecule has 0 saturated heterocycles. The monoisotopic (exact) mass is 250 g/mol. The van der Waals surface area contributed by atoms with Crippen molar-refractivity contribution < 1.29 is 13.2 Å². The van der Waals surface area contributed by atoms with E-state index >= 15 is 0 Å². The Labute approximate surface area is 98.1 Å². The lowest BCUT2D eigenvalue weighted by Gasteiger charge is -2.14. The third-order valence-electron chi connectivity index (χ3n) is 2.27. The largest absolute Gasteiger partial charge is 0.349 e. The molecule has 0 heterocycles. The molecule has 1 atom stereocenters. The standard InChI is InChI=1S/C10H22N2O3S/c1-5-16(14,15)8-9(2)11-7-6-10(13)12(3)4/h9,11H,5-8H2,1-4H3. The molecule has 1 N–H and O–H groups in total. The molecule has 1 amide bonds.